The van der Waals surface area contributed by atoms with Gasteiger partial charge in [-0.1, -0.05) is 193 Å². The van der Waals surface area contributed by atoms with Gasteiger partial charge in [0.25, 0.3) is 0 Å². The standard InChI is InChI=1S/C38H75NO4/c1-3-5-7-9-11-13-15-16-17-18-19-20-21-23-25-27-29-31-38(43)39-36(34-40)37(42)33-32-35(41)30-28-26-24-22-14-12-10-8-6-4-2/h32-33,35-37,40-42H,3-31,34H2,1-2H3,(H,39,43). The first-order valence-electron chi connectivity index (χ1n) is 19.0. The minimum Gasteiger partial charge on any atom is -0.394 e. The topological polar surface area (TPSA) is 89.8 Å². The number of hydrogen-bond donors (Lipinski definition) is 4. The van der Waals surface area contributed by atoms with Crippen molar-refractivity contribution in [3.05, 3.63) is 12.2 Å². The summed E-state index contributed by atoms with van der Waals surface area (Å²) in [6, 6.07) is -0.737. The highest BCUT2D eigenvalue weighted by Gasteiger charge is 2.18. The van der Waals surface area contributed by atoms with Crippen molar-refractivity contribution in [3.8, 4) is 0 Å². The molecule has 0 radical (unpaired) electrons. The van der Waals surface area contributed by atoms with Crippen molar-refractivity contribution in [2.24, 2.45) is 0 Å². The highest BCUT2D eigenvalue weighted by atomic mass is 16.3. The Bertz CT molecular complexity index is 596. The van der Waals surface area contributed by atoms with Crippen LogP contribution in [-0.4, -0.2) is 46.1 Å². The summed E-state index contributed by atoms with van der Waals surface area (Å²) in [7, 11) is 0. The maximum Gasteiger partial charge on any atom is 0.220 e. The van der Waals surface area contributed by atoms with Crippen molar-refractivity contribution < 1.29 is 20.1 Å². The van der Waals surface area contributed by atoms with Crippen LogP contribution in [0.4, 0.5) is 0 Å². The molecule has 3 atom stereocenters. The fourth-order valence-corrected chi connectivity index (χ4v) is 5.84. The molecule has 5 heteroatoms. The number of nitrogens with one attached hydrogen (secondary N) is 1. The minimum atomic E-state index is -1.01. The molecule has 5 nitrogen and oxygen atoms in total. The molecule has 0 aliphatic carbocycles. The highest BCUT2D eigenvalue weighted by molar-refractivity contribution is 5.76. The second kappa shape index (κ2) is 34.0. The summed E-state index contributed by atoms with van der Waals surface area (Å²) in [6.45, 7) is 4.19. The smallest absolute Gasteiger partial charge is 0.220 e. The Hall–Kier alpha value is -0.910. The lowest BCUT2D eigenvalue weighted by molar-refractivity contribution is -0.123. The van der Waals surface area contributed by atoms with Crippen LogP contribution in [0.5, 0.6) is 0 Å². The summed E-state index contributed by atoms with van der Waals surface area (Å²) in [5.41, 5.74) is 0. The largest absolute Gasteiger partial charge is 0.394 e. The van der Waals surface area contributed by atoms with Gasteiger partial charge in [0.1, 0.15) is 0 Å². The number of aliphatic hydroxyl groups excluding tert-OH is 3. The summed E-state index contributed by atoms with van der Waals surface area (Å²) >= 11 is 0. The number of rotatable bonds is 34. The maximum absolute atomic E-state index is 12.3. The molecule has 0 aromatic carbocycles. The molecule has 0 bridgehead atoms. The molecule has 0 aliphatic heterocycles. The maximum atomic E-state index is 12.3. The van der Waals surface area contributed by atoms with Gasteiger partial charge in [-0.3, -0.25) is 4.79 Å². The molecule has 3 unspecified atom stereocenters. The average Bonchev–Trinajstić information content (AvgIpc) is 3.01. The van der Waals surface area contributed by atoms with E-state index in [1.54, 1.807) is 6.08 Å². The van der Waals surface area contributed by atoms with Gasteiger partial charge >= 0.3 is 0 Å². The molecule has 0 heterocycles. The molecular weight excluding hydrogens is 534 g/mol. The van der Waals surface area contributed by atoms with Crippen molar-refractivity contribution in [3.63, 3.8) is 0 Å². The number of hydrogen-bond acceptors (Lipinski definition) is 4. The summed E-state index contributed by atoms with van der Waals surface area (Å²) in [5.74, 6) is -0.127. The predicted octanol–water partition coefficient (Wildman–Crippen LogP) is 10.1. The van der Waals surface area contributed by atoms with E-state index in [4.69, 9.17) is 0 Å². The molecule has 0 saturated heterocycles. The number of aliphatic hydroxyl groups is 3. The third-order valence-electron chi connectivity index (χ3n) is 8.85. The Morgan fingerprint density at radius 2 is 0.884 bits per heavy atom. The van der Waals surface area contributed by atoms with E-state index < -0.39 is 18.2 Å². The molecular formula is C38H75NO4. The van der Waals surface area contributed by atoms with Crippen molar-refractivity contribution in [1.82, 2.24) is 5.32 Å². The van der Waals surface area contributed by atoms with Crippen molar-refractivity contribution in [2.45, 2.75) is 218 Å². The van der Waals surface area contributed by atoms with Crippen LogP contribution in [0.2, 0.25) is 0 Å². The van der Waals surface area contributed by atoms with Crippen LogP contribution in [0.1, 0.15) is 200 Å². The fourth-order valence-electron chi connectivity index (χ4n) is 5.84. The minimum absolute atomic E-state index is 0.127. The Morgan fingerprint density at radius 1 is 0.535 bits per heavy atom. The van der Waals surface area contributed by atoms with E-state index in [1.165, 1.54) is 147 Å². The van der Waals surface area contributed by atoms with E-state index in [9.17, 15) is 20.1 Å². The average molecular weight is 610 g/mol. The predicted molar refractivity (Wildman–Crippen MR) is 185 cm³/mol. The van der Waals surface area contributed by atoms with Crippen LogP contribution in [0.25, 0.3) is 0 Å². The molecule has 0 rings (SSSR count). The van der Waals surface area contributed by atoms with Gasteiger partial charge in [0.2, 0.25) is 5.91 Å². The first kappa shape index (κ1) is 42.1. The molecule has 1 amide bonds. The van der Waals surface area contributed by atoms with E-state index in [1.807, 2.05) is 0 Å². The van der Waals surface area contributed by atoms with E-state index in [0.29, 0.717) is 12.8 Å². The monoisotopic (exact) mass is 610 g/mol. The molecule has 0 fully saturated rings. The molecule has 0 saturated carbocycles. The molecule has 0 aromatic rings. The van der Waals surface area contributed by atoms with E-state index in [-0.39, 0.29) is 12.5 Å². The second-order valence-corrected chi connectivity index (χ2v) is 13.2. The van der Waals surface area contributed by atoms with Gasteiger partial charge in [-0.25, -0.2) is 0 Å². The molecule has 0 spiro atoms. The Balaban J connectivity index is 3.68. The quantitative estimate of drug-likeness (QED) is 0.0432. The Kier molecular flexibility index (Phi) is 33.3. The van der Waals surface area contributed by atoms with Crippen molar-refractivity contribution >= 4 is 5.91 Å². The van der Waals surface area contributed by atoms with E-state index in [2.05, 4.69) is 19.2 Å². The zero-order chi connectivity index (χ0) is 31.6. The third-order valence-corrected chi connectivity index (χ3v) is 8.85. The van der Waals surface area contributed by atoms with Crippen molar-refractivity contribution in [1.29, 1.82) is 0 Å². The van der Waals surface area contributed by atoms with Gasteiger partial charge < -0.3 is 20.6 Å². The van der Waals surface area contributed by atoms with Gasteiger partial charge in [0, 0.05) is 6.42 Å². The molecule has 43 heavy (non-hydrogen) atoms. The van der Waals surface area contributed by atoms with Crippen LogP contribution < -0.4 is 5.32 Å². The number of unbranched alkanes of at least 4 members (excludes halogenated alkanes) is 25. The lowest BCUT2D eigenvalue weighted by atomic mass is 10.0. The van der Waals surface area contributed by atoms with Crippen LogP contribution in [0, 0.1) is 0 Å². The van der Waals surface area contributed by atoms with Gasteiger partial charge in [-0.15, -0.1) is 0 Å². The summed E-state index contributed by atoms with van der Waals surface area (Å²) in [4.78, 5) is 12.3. The summed E-state index contributed by atoms with van der Waals surface area (Å²) < 4.78 is 0. The number of amides is 1. The van der Waals surface area contributed by atoms with Crippen molar-refractivity contribution in [2.75, 3.05) is 6.61 Å². The Morgan fingerprint density at radius 3 is 1.26 bits per heavy atom. The van der Waals surface area contributed by atoms with Crippen LogP contribution in [0.3, 0.4) is 0 Å². The highest BCUT2D eigenvalue weighted by Crippen LogP contribution is 2.15. The molecule has 256 valence electrons. The summed E-state index contributed by atoms with van der Waals surface area (Å²) in [6.07, 6.45) is 37.5. The number of carbonyl (C=O) groups is 1. The van der Waals surface area contributed by atoms with E-state index >= 15 is 0 Å². The number of carbonyl (C=O) groups excluding carboxylic acids is 1. The SMILES string of the molecule is CCCCCCCCCCCCCCCCCCCC(=O)NC(CO)C(O)C=CC(O)CCCCCCCCCCCC. The zero-order valence-corrected chi connectivity index (χ0v) is 28.8. The van der Waals surface area contributed by atoms with Crippen LogP contribution >= 0.6 is 0 Å². The van der Waals surface area contributed by atoms with Gasteiger partial charge in [0.15, 0.2) is 0 Å². The first-order valence-corrected chi connectivity index (χ1v) is 19.0. The Labute approximate surface area is 268 Å². The van der Waals surface area contributed by atoms with Gasteiger partial charge in [-0.05, 0) is 12.8 Å². The fraction of sp³-hybridized carbons (Fsp3) is 0.921. The lowest BCUT2D eigenvalue weighted by Gasteiger charge is -2.20. The lowest BCUT2D eigenvalue weighted by Crippen LogP contribution is -2.45. The van der Waals surface area contributed by atoms with Gasteiger partial charge in [-0.2, -0.15) is 0 Å². The van der Waals surface area contributed by atoms with Crippen LogP contribution in [-0.2, 0) is 4.79 Å². The normalized spacial score (nSPS) is 13.9. The van der Waals surface area contributed by atoms with Crippen LogP contribution in [0.15, 0.2) is 12.2 Å². The molecule has 4 N–H and O–H groups in total. The summed E-state index contributed by atoms with van der Waals surface area (Å²) in [5, 5.41) is 33.1. The second-order valence-electron chi connectivity index (χ2n) is 13.2. The molecule has 0 aliphatic rings. The van der Waals surface area contributed by atoms with Gasteiger partial charge in [0.05, 0.1) is 24.9 Å². The van der Waals surface area contributed by atoms with E-state index in [0.717, 1.165) is 32.1 Å². The molecule has 0 aromatic heterocycles. The first-order chi connectivity index (χ1) is 21.0. The zero-order valence-electron chi connectivity index (χ0n) is 28.8. The third kappa shape index (κ3) is 30.9.